The lowest BCUT2D eigenvalue weighted by atomic mass is 9.67. The first kappa shape index (κ1) is 22.5. The van der Waals surface area contributed by atoms with E-state index in [1.807, 2.05) is 45.0 Å². The summed E-state index contributed by atoms with van der Waals surface area (Å²) < 4.78 is 10.9. The van der Waals surface area contributed by atoms with E-state index in [-0.39, 0.29) is 11.5 Å². The Kier molecular flexibility index (Phi) is 9.06. The second-order valence-electron chi connectivity index (χ2n) is 7.92. The lowest BCUT2D eigenvalue weighted by Crippen LogP contribution is -2.41. The molecule has 0 aromatic heterocycles. The highest BCUT2D eigenvalue weighted by atomic mass is 16.5. The molecule has 1 atom stereocenters. The predicted molar refractivity (Wildman–Crippen MR) is 114 cm³/mol. The van der Waals surface area contributed by atoms with Crippen molar-refractivity contribution in [1.29, 1.82) is 0 Å². The quantitative estimate of drug-likeness (QED) is 0.399. The third kappa shape index (κ3) is 6.99. The third-order valence-corrected chi connectivity index (χ3v) is 5.27. The molecule has 1 aliphatic rings. The second-order valence-corrected chi connectivity index (χ2v) is 7.92. The van der Waals surface area contributed by atoms with Crippen LogP contribution in [0.2, 0.25) is 0 Å². The molecule has 6 nitrogen and oxygen atoms in total. The maximum Gasteiger partial charge on any atom is 0.191 e. The van der Waals surface area contributed by atoms with Gasteiger partial charge < -0.3 is 25.2 Å². The van der Waals surface area contributed by atoms with Crippen LogP contribution in [0, 0.1) is 5.41 Å². The summed E-state index contributed by atoms with van der Waals surface area (Å²) in [6.45, 7) is 8.81. The Morgan fingerprint density at radius 2 is 1.93 bits per heavy atom. The van der Waals surface area contributed by atoms with E-state index in [0.29, 0.717) is 6.54 Å². The number of aliphatic imine (C=N–C) groups is 1. The van der Waals surface area contributed by atoms with Crippen LogP contribution in [0.5, 0.6) is 5.75 Å². The van der Waals surface area contributed by atoms with Crippen molar-refractivity contribution < 1.29 is 14.6 Å². The van der Waals surface area contributed by atoms with Crippen LogP contribution < -0.4 is 15.4 Å². The maximum atomic E-state index is 10.5. The number of rotatable bonds is 11. The molecule has 1 aromatic carbocycles. The SMILES string of the molecule is CCNC(=NCC1(CCOC)CCC1)NCC(O)c1ccc(OC(C)C)cc1. The van der Waals surface area contributed by atoms with Gasteiger partial charge in [0.05, 0.1) is 12.2 Å². The fourth-order valence-corrected chi connectivity index (χ4v) is 3.42. The molecule has 2 rings (SSSR count). The number of hydrogen-bond acceptors (Lipinski definition) is 4. The van der Waals surface area contributed by atoms with Gasteiger partial charge in [-0.1, -0.05) is 18.6 Å². The van der Waals surface area contributed by atoms with E-state index >= 15 is 0 Å². The van der Waals surface area contributed by atoms with E-state index in [1.54, 1.807) is 7.11 Å². The highest BCUT2D eigenvalue weighted by Crippen LogP contribution is 2.44. The Balaban J connectivity index is 1.89. The van der Waals surface area contributed by atoms with Crippen molar-refractivity contribution in [2.45, 2.75) is 58.7 Å². The summed E-state index contributed by atoms with van der Waals surface area (Å²) in [6, 6.07) is 7.60. The van der Waals surface area contributed by atoms with Gasteiger partial charge in [-0.3, -0.25) is 4.99 Å². The van der Waals surface area contributed by atoms with Crippen LogP contribution >= 0.6 is 0 Å². The van der Waals surface area contributed by atoms with Gasteiger partial charge in [0.25, 0.3) is 0 Å². The molecule has 0 bridgehead atoms. The zero-order chi connectivity index (χ0) is 20.4. The maximum absolute atomic E-state index is 10.5. The van der Waals surface area contributed by atoms with Gasteiger partial charge in [0.15, 0.2) is 5.96 Å². The van der Waals surface area contributed by atoms with Gasteiger partial charge in [-0.25, -0.2) is 0 Å². The first-order chi connectivity index (χ1) is 13.5. The Bertz CT molecular complexity index is 598. The summed E-state index contributed by atoms with van der Waals surface area (Å²) in [7, 11) is 1.75. The van der Waals surface area contributed by atoms with E-state index in [0.717, 1.165) is 43.4 Å². The average molecular weight is 392 g/mol. The fraction of sp³-hybridized carbons (Fsp3) is 0.682. The summed E-state index contributed by atoms with van der Waals surface area (Å²) in [5.74, 6) is 1.57. The van der Waals surface area contributed by atoms with Crippen molar-refractivity contribution >= 4 is 5.96 Å². The Morgan fingerprint density at radius 3 is 2.46 bits per heavy atom. The number of aliphatic hydroxyl groups is 1. The standard InChI is InChI=1S/C22H37N3O3/c1-5-23-21(25-16-22(11-6-12-22)13-14-27-4)24-15-20(26)18-7-9-19(10-8-18)28-17(2)3/h7-10,17,20,26H,5-6,11-16H2,1-4H3,(H2,23,24,25). The van der Waals surface area contributed by atoms with Gasteiger partial charge in [-0.2, -0.15) is 0 Å². The lowest BCUT2D eigenvalue weighted by Gasteiger charge is -2.40. The molecule has 3 N–H and O–H groups in total. The monoisotopic (exact) mass is 391 g/mol. The number of guanidine groups is 1. The third-order valence-electron chi connectivity index (χ3n) is 5.27. The highest BCUT2D eigenvalue weighted by Gasteiger charge is 2.36. The molecule has 0 aliphatic heterocycles. The largest absolute Gasteiger partial charge is 0.491 e. The second kappa shape index (κ2) is 11.3. The smallest absolute Gasteiger partial charge is 0.191 e. The first-order valence-corrected chi connectivity index (χ1v) is 10.4. The van der Waals surface area contributed by atoms with Crippen molar-refractivity contribution in [1.82, 2.24) is 10.6 Å². The number of nitrogens with zero attached hydrogens (tertiary/aromatic N) is 1. The summed E-state index contributed by atoms with van der Waals surface area (Å²) in [5, 5.41) is 17.1. The predicted octanol–water partition coefficient (Wildman–Crippen LogP) is 3.27. The molecule has 1 aliphatic carbocycles. The van der Waals surface area contributed by atoms with E-state index in [1.165, 1.54) is 19.3 Å². The number of nitrogens with one attached hydrogen (secondary N) is 2. The fourth-order valence-electron chi connectivity index (χ4n) is 3.42. The Hall–Kier alpha value is -1.79. The summed E-state index contributed by atoms with van der Waals surface area (Å²) >= 11 is 0. The van der Waals surface area contributed by atoms with Gasteiger partial charge in [0.2, 0.25) is 0 Å². The van der Waals surface area contributed by atoms with Gasteiger partial charge in [-0.15, -0.1) is 0 Å². The summed E-state index contributed by atoms with van der Waals surface area (Å²) in [6.07, 6.45) is 4.29. The topological polar surface area (TPSA) is 75.1 Å². The van der Waals surface area contributed by atoms with Gasteiger partial charge in [0, 0.05) is 33.4 Å². The molecule has 0 spiro atoms. The average Bonchev–Trinajstić information content (AvgIpc) is 2.64. The number of methoxy groups -OCH3 is 1. The van der Waals surface area contributed by atoms with Crippen molar-refractivity contribution in [3.8, 4) is 5.75 Å². The van der Waals surface area contributed by atoms with Crippen molar-refractivity contribution in [3.63, 3.8) is 0 Å². The molecule has 1 aromatic rings. The van der Waals surface area contributed by atoms with E-state index in [4.69, 9.17) is 14.5 Å². The van der Waals surface area contributed by atoms with Crippen molar-refractivity contribution in [3.05, 3.63) is 29.8 Å². The van der Waals surface area contributed by atoms with Crippen LogP contribution in [0.15, 0.2) is 29.3 Å². The van der Waals surface area contributed by atoms with Crippen LogP contribution in [0.3, 0.4) is 0 Å². The molecular weight excluding hydrogens is 354 g/mol. The highest BCUT2D eigenvalue weighted by molar-refractivity contribution is 5.79. The van der Waals surface area contributed by atoms with Crippen LogP contribution in [0.25, 0.3) is 0 Å². The zero-order valence-corrected chi connectivity index (χ0v) is 17.8. The van der Waals surface area contributed by atoms with Crippen LogP contribution in [0.1, 0.15) is 58.1 Å². The molecule has 158 valence electrons. The number of benzene rings is 1. The molecule has 0 radical (unpaired) electrons. The Morgan fingerprint density at radius 1 is 1.21 bits per heavy atom. The molecule has 0 heterocycles. The summed E-state index contributed by atoms with van der Waals surface area (Å²) in [5.41, 5.74) is 1.14. The minimum atomic E-state index is -0.608. The normalized spacial score (nSPS) is 17.1. The van der Waals surface area contributed by atoms with E-state index in [9.17, 15) is 5.11 Å². The molecule has 1 unspecified atom stereocenters. The van der Waals surface area contributed by atoms with E-state index < -0.39 is 6.10 Å². The molecule has 28 heavy (non-hydrogen) atoms. The number of ether oxygens (including phenoxy) is 2. The molecule has 0 amide bonds. The lowest BCUT2D eigenvalue weighted by molar-refractivity contribution is 0.0778. The summed E-state index contributed by atoms with van der Waals surface area (Å²) in [4.78, 5) is 4.78. The molecule has 0 saturated heterocycles. The van der Waals surface area contributed by atoms with Gasteiger partial charge in [0.1, 0.15) is 5.75 Å². The van der Waals surface area contributed by atoms with E-state index in [2.05, 4.69) is 10.6 Å². The zero-order valence-electron chi connectivity index (χ0n) is 17.8. The molecule has 1 saturated carbocycles. The molecular formula is C22H37N3O3. The van der Waals surface area contributed by atoms with Crippen molar-refractivity contribution in [2.24, 2.45) is 10.4 Å². The van der Waals surface area contributed by atoms with Gasteiger partial charge in [-0.05, 0) is 63.1 Å². The minimum absolute atomic E-state index is 0.138. The van der Waals surface area contributed by atoms with Crippen LogP contribution in [-0.4, -0.2) is 50.5 Å². The Labute approximate surface area is 169 Å². The minimum Gasteiger partial charge on any atom is -0.491 e. The van der Waals surface area contributed by atoms with Crippen LogP contribution in [0.4, 0.5) is 0 Å². The first-order valence-electron chi connectivity index (χ1n) is 10.4. The van der Waals surface area contributed by atoms with Gasteiger partial charge >= 0.3 is 0 Å². The van der Waals surface area contributed by atoms with Crippen LogP contribution in [-0.2, 0) is 4.74 Å². The number of hydrogen-bond donors (Lipinski definition) is 3. The molecule has 1 fully saturated rings. The van der Waals surface area contributed by atoms with Crippen molar-refractivity contribution in [2.75, 3.05) is 33.4 Å². The molecule has 6 heteroatoms. The number of aliphatic hydroxyl groups excluding tert-OH is 1.